The van der Waals surface area contributed by atoms with Crippen molar-refractivity contribution in [3.63, 3.8) is 0 Å². The van der Waals surface area contributed by atoms with E-state index in [1.807, 2.05) is 42.5 Å². The van der Waals surface area contributed by atoms with Crippen molar-refractivity contribution in [1.82, 2.24) is 0 Å². The molecule has 0 aliphatic carbocycles. The Morgan fingerprint density at radius 2 is 1.82 bits per heavy atom. The Morgan fingerprint density at radius 3 is 2.65 bits per heavy atom. The Labute approximate surface area is 103 Å². The van der Waals surface area contributed by atoms with Crippen molar-refractivity contribution in [2.75, 3.05) is 7.11 Å². The molecule has 1 heterocycles. The van der Waals surface area contributed by atoms with E-state index in [9.17, 15) is 4.21 Å². The fourth-order valence-electron chi connectivity index (χ4n) is 2.22. The fraction of sp³-hybridized carbons (Fsp3) is 0.143. The van der Waals surface area contributed by atoms with Crippen molar-refractivity contribution < 1.29 is 8.95 Å². The molecule has 2 aromatic rings. The third-order valence-corrected chi connectivity index (χ3v) is 4.63. The topological polar surface area (TPSA) is 26.3 Å². The van der Waals surface area contributed by atoms with Crippen LogP contribution < -0.4 is 4.74 Å². The molecule has 0 bridgehead atoms. The molecular weight excluding hydrogens is 232 g/mol. The number of hydrogen-bond donors (Lipinski definition) is 0. The Hall–Kier alpha value is -1.61. The first-order valence-electron chi connectivity index (χ1n) is 5.47. The second-order valence-electron chi connectivity index (χ2n) is 3.99. The van der Waals surface area contributed by atoms with Gasteiger partial charge in [-0.2, -0.15) is 0 Å². The molecule has 0 N–H and O–H groups in total. The summed E-state index contributed by atoms with van der Waals surface area (Å²) < 4.78 is 17.8. The number of fused-ring (bicyclic) bond motifs is 2. The zero-order valence-electron chi connectivity index (χ0n) is 9.47. The van der Waals surface area contributed by atoms with Crippen LogP contribution in [0.3, 0.4) is 0 Å². The highest BCUT2D eigenvalue weighted by Gasteiger charge is 2.23. The van der Waals surface area contributed by atoms with Crippen LogP contribution in [-0.4, -0.2) is 11.3 Å². The van der Waals surface area contributed by atoms with E-state index >= 15 is 0 Å². The van der Waals surface area contributed by atoms with E-state index in [0.717, 1.165) is 33.1 Å². The summed E-state index contributed by atoms with van der Waals surface area (Å²) in [4.78, 5) is 1.80. The molecule has 17 heavy (non-hydrogen) atoms. The van der Waals surface area contributed by atoms with E-state index in [0.29, 0.717) is 0 Å². The molecule has 0 spiro atoms. The van der Waals surface area contributed by atoms with Crippen LogP contribution in [0.1, 0.15) is 11.1 Å². The quantitative estimate of drug-likeness (QED) is 0.658. The molecule has 0 fully saturated rings. The molecule has 2 nitrogen and oxygen atoms in total. The average Bonchev–Trinajstić information content (AvgIpc) is 2.38. The Morgan fingerprint density at radius 1 is 1.06 bits per heavy atom. The lowest BCUT2D eigenvalue weighted by atomic mass is 10.0. The van der Waals surface area contributed by atoms with Gasteiger partial charge in [0.05, 0.1) is 22.8 Å². The Balaban J connectivity index is 2.23. The number of methoxy groups -OCH3 is 1. The first-order valence-corrected chi connectivity index (χ1v) is 6.62. The zero-order valence-corrected chi connectivity index (χ0v) is 10.3. The van der Waals surface area contributed by atoms with Gasteiger partial charge in [0.15, 0.2) is 0 Å². The van der Waals surface area contributed by atoms with Crippen LogP contribution in [0.25, 0.3) is 0 Å². The fourth-order valence-corrected chi connectivity index (χ4v) is 3.64. The van der Waals surface area contributed by atoms with Crippen molar-refractivity contribution >= 4 is 10.8 Å². The molecule has 0 aromatic heterocycles. The predicted octanol–water partition coefficient (Wildman–Crippen LogP) is 2.77. The van der Waals surface area contributed by atoms with Gasteiger partial charge in [0.1, 0.15) is 5.75 Å². The van der Waals surface area contributed by atoms with Gasteiger partial charge in [-0.25, -0.2) is 4.21 Å². The van der Waals surface area contributed by atoms with E-state index in [1.54, 1.807) is 7.11 Å². The summed E-state index contributed by atoms with van der Waals surface area (Å²) in [7, 11) is 0.570. The van der Waals surface area contributed by atoms with Crippen molar-refractivity contribution in [3.8, 4) is 5.75 Å². The van der Waals surface area contributed by atoms with Gasteiger partial charge in [-0.1, -0.05) is 24.3 Å². The molecular formula is C14H12O2S. The lowest BCUT2D eigenvalue weighted by Crippen LogP contribution is -2.10. The lowest BCUT2D eigenvalue weighted by Gasteiger charge is -2.20. The summed E-state index contributed by atoms with van der Waals surface area (Å²) >= 11 is 0. The molecule has 3 rings (SSSR count). The number of hydrogen-bond acceptors (Lipinski definition) is 2. The maximum absolute atomic E-state index is 12.4. The van der Waals surface area contributed by atoms with Crippen LogP contribution in [0.2, 0.25) is 0 Å². The first kappa shape index (κ1) is 10.5. The minimum Gasteiger partial charge on any atom is -0.496 e. The van der Waals surface area contributed by atoms with Crippen LogP contribution in [-0.2, 0) is 17.2 Å². The standard InChI is InChI=1S/C14H12O2S/c1-16-12-6-4-8-14-11(12)9-10-5-2-3-7-13(10)17(14)15/h2-8H,9H2,1H3. The third-order valence-electron chi connectivity index (χ3n) is 3.05. The maximum Gasteiger partial charge on any atom is 0.123 e. The van der Waals surface area contributed by atoms with Gasteiger partial charge in [0.25, 0.3) is 0 Å². The first-order chi connectivity index (χ1) is 8.31. The van der Waals surface area contributed by atoms with Gasteiger partial charge in [-0.05, 0) is 23.8 Å². The van der Waals surface area contributed by atoms with Gasteiger partial charge < -0.3 is 4.74 Å². The number of benzene rings is 2. The molecule has 0 saturated heterocycles. The van der Waals surface area contributed by atoms with E-state index in [4.69, 9.17) is 4.74 Å². The molecule has 2 aromatic carbocycles. The van der Waals surface area contributed by atoms with Crippen LogP contribution in [0.15, 0.2) is 52.3 Å². The molecule has 1 unspecified atom stereocenters. The van der Waals surface area contributed by atoms with Crippen molar-refractivity contribution in [2.24, 2.45) is 0 Å². The normalized spacial score (nSPS) is 17.1. The largest absolute Gasteiger partial charge is 0.496 e. The van der Waals surface area contributed by atoms with E-state index in [2.05, 4.69) is 0 Å². The second-order valence-corrected chi connectivity index (χ2v) is 5.41. The van der Waals surface area contributed by atoms with Gasteiger partial charge in [0.2, 0.25) is 0 Å². The van der Waals surface area contributed by atoms with Gasteiger partial charge in [0, 0.05) is 16.9 Å². The number of ether oxygens (including phenoxy) is 1. The third kappa shape index (κ3) is 1.58. The van der Waals surface area contributed by atoms with Gasteiger partial charge in [-0.15, -0.1) is 0 Å². The average molecular weight is 244 g/mol. The van der Waals surface area contributed by atoms with Gasteiger partial charge >= 0.3 is 0 Å². The van der Waals surface area contributed by atoms with E-state index < -0.39 is 10.8 Å². The Kier molecular flexibility index (Phi) is 2.48. The highest BCUT2D eigenvalue weighted by atomic mass is 32.2. The van der Waals surface area contributed by atoms with Crippen molar-refractivity contribution in [3.05, 3.63) is 53.6 Å². The second kappa shape index (κ2) is 4.00. The summed E-state index contributed by atoms with van der Waals surface area (Å²) in [6.45, 7) is 0. The van der Waals surface area contributed by atoms with Crippen LogP contribution in [0.5, 0.6) is 5.75 Å². The maximum atomic E-state index is 12.4. The van der Waals surface area contributed by atoms with Gasteiger partial charge in [-0.3, -0.25) is 0 Å². The van der Waals surface area contributed by atoms with Crippen LogP contribution in [0, 0.1) is 0 Å². The molecule has 1 aliphatic rings. The van der Waals surface area contributed by atoms with Crippen LogP contribution >= 0.6 is 0 Å². The van der Waals surface area contributed by atoms with E-state index in [1.165, 1.54) is 0 Å². The molecule has 1 atom stereocenters. The number of rotatable bonds is 1. The molecule has 3 heteroatoms. The summed E-state index contributed by atoms with van der Waals surface area (Å²) in [5.74, 6) is 0.824. The summed E-state index contributed by atoms with van der Waals surface area (Å²) in [6.07, 6.45) is 0.793. The summed E-state index contributed by atoms with van der Waals surface area (Å²) in [5, 5.41) is 0. The lowest BCUT2D eigenvalue weighted by molar-refractivity contribution is 0.408. The van der Waals surface area contributed by atoms with Crippen molar-refractivity contribution in [2.45, 2.75) is 16.2 Å². The van der Waals surface area contributed by atoms with Crippen LogP contribution in [0.4, 0.5) is 0 Å². The molecule has 0 saturated carbocycles. The minimum atomic E-state index is -1.08. The Bertz CT molecular complexity index is 605. The molecule has 0 radical (unpaired) electrons. The zero-order chi connectivity index (χ0) is 11.8. The smallest absolute Gasteiger partial charge is 0.123 e. The minimum absolute atomic E-state index is 0.793. The molecule has 86 valence electrons. The van der Waals surface area contributed by atoms with Crippen molar-refractivity contribution in [1.29, 1.82) is 0 Å². The summed E-state index contributed by atoms with van der Waals surface area (Å²) in [6, 6.07) is 13.6. The highest BCUT2D eigenvalue weighted by molar-refractivity contribution is 7.85. The summed E-state index contributed by atoms with van der Waals surface area (Å²) in [5.41, 5.74) is 2.18. The SMILES string of the molecule is COc1cccc2c1Cc1ccccc1S2=O. The molecule has 0 amide bonds. The monoisotopic (exact) mass is 244 g/mol. The molecule has 1 aliphatic heterocycles. The predicted molar refractivity (Wildman–Crippen MR) is 66.9 cm³/mol. The van der Waals surface area contributed by atoms with E-state index in [-0.39, 0.29) is 0 Å². The highest BCUT2D eigenvalue weighted by Crippen LogP contribution is 2.35.